The van der Waals surface area contributed by atoms with Crippen LogP contribution < -0.4 is 15.4 Å². The molecule has 10 heteroatoms. The highest BCUT2D eigenvalue weighted by Crippen LogP contribution is 2.23. The molecule has 1 unspecified atom stereocenters. The third-order valence-electron chi connectivity index (χ3n) is 4.15. The number of guanidine groups is 1. The SMILES string of the molecule is CCNC(=NCc1ccn(C)c1)NCC(CO)Cc1ccc(OC(F)(F)F)cc1.I. The van der Waals surface area contributed by atoms with Gasteiger partial charge in [-0.2, -0.15) is 0 Å². The van der Waals surface area contributed by atoms with Crippen LogP contribution in [0.5, 0.6) is 5.75 Å². The molecule has 30 heavy (non-hydrogen) atoms. The maximum absolute atomic E-state index is 12.2. The van der Waals surface area contributed by atoms with Crippen molar-refractivity contribution >= 4 is 29.9 Å². The summed E-state index contributed by atoms with van der Waals surface area (Å²) in [7, 11) is 1.95. The zero-order valence-corrected chi connectivity index (χ0v) is 19.3. The minimum Gasteiger partial charge on any atom is -0.406 e. The van der Waals surface area contributed by atoms with Gasteiger partial charge in [-0.3, -0.25) is 0 Å². The lowest BCUT2D eigenvalue weighted by Gasteiger charge is -2.18. The molecule has 168 valence electrons. The summed E-state index contributed by atoms with van der Waals surface area (Å²) in [5.74, 6) is 0.260. The highest BCUT2D eigenvalue weighted by molar-refractivity contribution is 14.0. The van der Waals surface area contributed by atoms with E-state index in [2.05, 4.69) is 20.4 Å². The van der Waals surface area contributed by atoms with Crippen LogP contribution in [0.2, 0.25) is 0 Å². The van der Waals surface area contributed by atoms with E-state index in [1.807, 2.05) is 37.0 Å². The van der Waals surface area contributed by atoms with Crippen molar-refractivity contribution < 1.29 is 23.0 Å². The van der Waals surface area contributed by atoms with Gasteiger partial charge in [0.05, 0.1) is 6.54 Å². The second kappa shape index (κ2) is 12.7. The first-order valence-electron chi connectivity index (χ1n) is 9.37. The molecule has 0 radical (unpaired) electrons. The fourth-order valence-electron chi connectivity index (χ4n) is 2.77. The zero-order valence-electron chi connectivity index (χ0n) is 16.9. The number of hydrogen-bond acceptors (Lipinski definition) is 3. The first-order valence-corrected chi connectivity index (χ1v) is 9.37. The van der Waals surface area contributed by atoms with Gasteiger partial charge in [-0.1, -0.05) is 12.1 Å². The Bertz CT molecular complexity index is 779. The Labute approximate surface area is 191 Å². The molecule has 0 spiro atoms. The number of halogens is 4. The van der Waals surface area contributed by atoms with Gasteiger partial charge in [-0.25, -0.2) is 4.99 Å². The van der Waals surface area contributed by atoms with Gasteiger partial charge in [-0.05, 0) is 42.7 Å². The summed E-state index contributed by atoms with van der Waals surface area (Å²) in [4.78, 5) is 4.53. The summed E-state index contributed by atoms with van der Waals surface area (Å²) in [6.07, 6.45) is -0.248. The number of aryl methyl sites for hydroxylation is 1. The minimum absolute atomic E-state index is 0. The number of nitrogens with one attached hydrogen (secondary N) is 2. The average molecular weight is 540 g/mol. The Morgan fingerprint density at radius 1 is 1.17 bits per heavy atom. The average Bonchev–Trinajstić information content (AvgIpc) is 3.08. The van der Waals surface area contributed by atoms with Gasteiger partial charge in [0.25, 0.3) is 0 Å². The standard InChI is InChI=1S/C20H27F3N4O2.HI/c1-3-24-19(25-11-16-8-9-27(2)13-16)26-12-17(14-28)10-15-4-6-18(7-5-15)29-20(21,22)23;/h4-9,13,17,28H,3,10-12,14H2,1-2H3,(H2,24,25,26);1H. The lowest BCUT2D eigenvalue weighted by atomic mass is 10.00. The molecule has 0 aliphatic heterocycles. The van der Waals surface area contributed by atoms with Crippen molar-refractivity contribution in [2.24, 2.45) is 18.0 Å². The van der Waals surface area contributed by atoms with Crippen LogP contribution in [-0.2, 0) is 20.0 Å². The monoisotopic (exact) mass is 540 g/mol. The molecule has 1 atom stereocenters. The lowest BCUT2D eigenvalue weighted by Crippen LogP contribution is -2.40. The van der Waals surface area contributed by atoms with Crippen molar-refractivity contribution in [1.82, 2.24) is 15.2 Å². The zero-order chi connectivity index (χ0) is 21.3. The Hall–Kier alpha value is -1.95. The van der Waals surface area contributed by atoms with Gasteiger partial charge in [0.15, 0.2) is 5.96 Å². The fraction of sp³-hybridized carbons (Fsp3) is 0.450. The van der Waals surface area contributed by atoms with E-state index in [9.17, 15) is 18.3 Å². The first kappa shape index (κ1) is 26.1. The molecule has 6 nitrogen and oxygen atoms in total. The van der Waals surface area contributed by atoms with Crippen molar-refractivity contribution in [3.05, 3.63) is 53.9 Å². The Kier molecular flexibility index (Phi) is 11.0. The highest BCUT2D eigenvalue weighted by Gasteiger charge is 2.30. The van der Waals surface area contributed by atoms with E-state index in [1.54, 1.807) is 12.1 Å². The third kappa shape index (κ3) is 9.70. The smallest absolute Gasteiger partial charge is 0.406 e. The van der Waals surface area contributed by atoms with Gasteiger partial charge in [0.1, 0.15) is 5.75 Å². The third-order valence-corrected chi connectivity index (χ3v) is 4.15. The number of aliphatic hydroxyl groups is 1. The molecule has 1 aromatic heterocycles. The molecule has 1 heterocycles. The van der Waals surface area contributed by atoms with Crippen LogP contribution in [0.25, 0.3) is 0 Å². The second-order valence-corrected chi connectivity index (χ2v) is 6.71. The van der Waals surface area contributed by atoms with E-state index in [1.165, 1.54) is 12.1 Å². The summed E-state index contributed by atoms with van der Waals surface area (Å²) in [5, 5.41) is 16.0. The predicted octanol–water partition coefficient (Wildman–Crippen LogP) is 3.45. The summed E-state index contributed by atoms with van der Waals surface area (Å²) in [5.41, 5.74) is 1.90. The van der Waals surface area contributed by atoms with Crippen molar-refractivity contribution in [3.8, 4) is 5.75 Å². The van der Waals surface area contributed by atoms with Crippen LogP contribution in [-0.4, -0.2) is 41.7 Å². The van der Waals surface area contributed by atoms with E-state index in [-0.39, 0.29) is 42.3 Å². The number of nitrogens with zero attached hydrogens (tertiary/aromatic N) is 2. The van der Waals surface area contributed by atoms with Gasteiger partial charge < -0.3 is 25.0 Å². The summed E-state index contributed by atoms with van der Waals surface area (Å²) in [6, 6.07) is 7.68. The van der Waals surface area contributed by atoms with Crippen molar-refractivity contribution in [2.45, 2.75) is 26.3 Å². The van der Waals surface area contributed by atoms with Crippen LogP contribution in [0, 0.1) is 5.92 Å². The molecule has 0 saturated carbocycles. The molecule has 0 fully saturated rings. The minimum atomic E-state index is -4.71. The Morgan fingerprint density at radius 2 is 1.87 bits per heavy atom. The molecule has 0 bridgehead atoms. The quantitative estimate of drug-likeness (QED) is 0.259. The predicted molar refractivity (Wildman–Crippen MR) is 121 cm³/mol. The van der Waals surface area contributed by atoms with Crippen molar-refractivity contribution in [2.75, 3.05) is 19.7 Å². The van der Waals surface area contributed by atoms with E-state index in [0.29, 0.717) is 32.0 Å². The maximum Gasteiger partial charge on any atom is 0.573 e. The van der Waals surface area contributed by atoms with Crippen LogP contribution in [0.4, 0.5) is 13.2 Å². The van der Waals surface area contributed by atoms with Crippen LogP contribution in [0.15, 0.2) is 47.7 Å². The molecular formula is C20H28F3IN4O2. The number of benzene rings is 1. The number of hydrogen-bond donors (Lipinski definition) is 3. The number of aliphatic imine (C=N–C) groups is 1. The van der Waals surface area contributed by atoms with Gasteiger partial charge in [0.2, 0.25) is 0 Å². The topological polar surface area (TPSA) is 70.8 Å². The lowest BCUT2D eigenvalue weighted by molar-refractivity contribution is -0.274. The molecular weight excluding hydrogens is 512 g/mol. The first-order chi connectivity index (χ1) is 13.8. The molecule has 0 aliphatic carbocycles. The van der Waals surface area contributed by atoms with E-state index < -0.39 is 6.36 Å². The molecule has 0 saturated heterocycles. The van der Waals surface area contributed by atoms with E-state index >= 15 is 0 Å². The Morgan fingerprint density at radius 3 is 2.40 bits per heavy atom. The fourth-order valence-corrected chi connectivity index (χ4v) is 2.77. The molecule has 0 amide bonds. The number of rotatable bonds is 9. The number of ether oxygens (including phenoxy) is 1. The second-order valence-electron chi connectivity index (χ2n) is 6.71. The van der Waals surface area contributed by atoms with Gasteiger partial charge in [0, 0.05) is 45.1 Å². The van der Waals surface area contributed by atoms with Crippen LogP contribution in [0.1, 0.15) is 18.1 Å². The number of aromatic nitrogens is 1. The molecule has 2 aromatic rings. The van der Waals surface area contributed by atoms with Crippen molar-refractivity contribution in [1.29, 1.82) is 0 Å². The number of aliphatic hydroxyl groups excluding tert-OH is 1. The molecule has 0 aliphatic rings. The molecule has 1 aromatic carbocycles. The Balaban J connectivity index is 0.00000450. The van der Waals surface area contributed by atoms with Crippen molar-refractivity contribution in [3.63, 3.8) is 0 Å². The number of alkyl halides is 3. The van der Waals surface area contributed by atoms with Gasteiger partial charge in [-0.15, -0.1) is 37.1 Å². The van der Waals surface area contributed by atoms with Gasteiger partial charge >= 0.3 is 6.36 Å². The molecule has 2 rings (SSSR count). The largest absolute Gasteiger partial charge is 0.573 e. The summed E-state index contributed by atoms with van der Waals surface area (Å²) < 4.78 is 42.5. The van der Waals surface area contributed by atoms with E-state index in [4.69, 9.17) is 0 Å². The summed E-state index contributed by atoms with van der Waals surface area (Å²) >= 11 is 0. The van der Waals surface area contributed by atoms with Crippen LogP contribution >= 0.6 is 24.0 Å². The highest BCUT2D eigenvalue weighted by atomic mass is 127. The summed E-state index contributed by atoms with van der Waals surface area (Å²) in [6.45, 7) is 3.60. The normalized spacial score (nSPS) is 12.8. The van der Waals surface area contributed by atoms with E-state index in [0.717, 1.165) is 11.1 Å². The molecule has 3 N–H and O–H groups in total. The van der Waals surface area contributed by atoms with Crippen LogP contribution in [0.3, 0.4) is 0 Å². The maximum atomic E-state index is 12.2.